The number of esters is 1. The number of methoxy groups -OCH3 is 1. The molecule has 0 aromatic rings. The lowest BCUT2D eigenvalue weighted by molar-refractivity contribution is -0.141. The first kappa shape index (κ1) is 17.2. The topological polar surface area (TPSA) is 119 Å². The van der Waals surface area contributed by atoms with Gasteiger partial charge in [-0.1, -0.05) is 0 Å². The van der Waals surface area contributed by atoms with E-state index in [9.17, 15) is 14.4 Å². The van der Waals surface area contributed by atoms with Crippen LogP contribution in [0.15, 0.2) is 0 Å². The number of hydrogen-bond acceptors (Lipinski definition) is 6. The zero-order chi connectivity index (χ0) is 15.8. The third-order valence-electron chi connectivity index (χ3n) is 3.30. The molecular weight excluding hydrogens is 282 g/mol. The number of piperazine rings is 1. The second-order valence-electron chi connectivity index (χ2n) is 4.68. The quantitative estimate of drug-likeness (QED) is 0.501. The fourth-order valence-corrected chi connectivity index (χ4v) is 1.95. The minimum Gasteiger partial charge on any atom is -0.480 e. The number of rotatable bonds is 6. The van der Waals surface area contributed by atoms with Crippen LogP contribution in [0.2, 0.25) is 0 Å². The van der Waals surface area contributed by atoms with Crippen molar-refractivity contribution in [3.8, 4) is 0 Å². The first-order chi connectivity index (χ1) is 9.97. The van der Waals surface area contributed by atoms with E-state index in [1.54, 1.807) is 0 Å². The molecule has 120 valence electrons. The van der Waals surface area contributed by atoms with E-state index >= 15 is 0 Å². The normalized spacial score (nSPS) is 17.1. The Hall–Kier alpha value is -1.87. The van der Waals surface area contributed by atoms with Crippen LogP contribution in [-0.4, -0.2) is 90.5 Å². The molecule has 1 saturated heterocycles. The number of aliphatic carboxylic acids is 1. The fraction of sp³-hybridized carbons (Fsp3) is 0.750. The second kappa shape index (κ2) is 8.42. The van der Waals surface area contributed by atoms with E-state index < -0.39 is 24.6 Å². The van der Waals surface area contributed by atoms with E-state index in [-0.39, 0.29) is 5.97 Å². The summed E-state index contributed by atoms with van der Waals surface area (Å²) in [4.78, 5) is 37.1. The number of aliphatic hydroxyl groups is 1. The number of hydrogen-bond donors (Lipinski definition) is 3. The Labute approximate surface area is 122 Å². The first-order valence-electron chi connectivity index (χ1n) is 6.66. The second-order valence-corrected chi connectivity index (χ2v) is 4.68. The van der Waals surface area contributed by atoms with Gasteiger partial charge in [-0.25, -0.2) is 9.59 Å². The molecule has 0 aliphatic carbocycles. The molecule has 0 spiro atoms. The SMILES string of the molecule is COC(=O)CCN1CCN(C(=O)N[C@@H](CO)C(=O)O)CC1. The summed E-state index contributed by atoms with van der Waals surface area (Å²) >= 11 is 0. The predicted molar refractivity (Wildman–Crippen MR) is 71.7 cm³/mol. The molecule has 3 N–H and O–H groups in total. The van der Waals surface area contributed by atoms with E-state index in [4.69, 9.17) is 10.2 Å². The number of amides is 2. The molecule has 9 heteroatoms. The van der Waals surface area contributed by atoms with Crippen LogP contribution < -0.4 is 5.32 Å². The molecule has 1 aliphatic heterocycles. The van der Waals surface area contributed by atoms with Gasteiger partial charge in [-0.3, -0.25) is 9.69 Å². The molecule has 0 radical (unpaired) electrons. The van der Waals surface area contributed by atoms with E-state index in [1.807, 2.05) is 4.90 Å². The van der Waals surface area contributed by atoms with Gasteiger partial charge in [0.05, 0.1) is 20.1 Å². The van der Waals surface area contributed by atoms with Crippen LogP contribution >= 0.6 is 0 Å². The summed E-state index contributed by atoms with van der Waals surface area (Å²) in [5.74, 6) is -1.55. The van der Waals surface area contributed by atoms with E-state index in [0.717, 1.165) is 0 Å². The number of urea groups is 1. The maximum absolute atomic E-state index is 11.8. The molecule has 9 nitrogen and oxygen atoms in total. The maximum Gasteiger partial charge on any atom is 0.328 e. The van der Waals surface area contributed by atoms with Crippen molar-refractivity contribution in [3.05, 3.63) is 0 Å². The van der Waals surface area contributed by atoms with Gasteiger partial charge in [-0.05, 0) is 0 Å². The van der Waals surface area contributed by atoms with Crippen LogP contribution in [0.1, 0.15) is 6.42 Å². The van der Waals surface area contributed by atoms with E-state index in [0.29, 0.717) is 39.1 Å². The molecule has 1 fully saturated rings. The van der Waals surface area contributed by atoms with E-state index in [2.05, 4.69) is 10.1 Å². The van der Waals surface area contributed by atoms with Crippen LogP contribution in [0.5, 0.6) is 0 Å². The minimum absolute atomic E-state index is 0.276. The Morgan fingerprint density at radius 3 is 2.33 bits per heavy atom. The number of carboxylic acids is 1. The molecular formula is C12H21N3O6. The average molecular weight is 303 g/mol. The van der Waals surface area contributed by atoms with Crippen LogP contribution in [0.3, 0.4) is 0 Å². The zero-order valence-corrected chi connectivity index (χ0v) is 11.9. The molecule has 0 saturated carbocycles. The van der Waals surface area contributed by atoms with Gasteiger partial charge in [0.1, 0.15) is 0 Å². The Morgan fingerprint density at radius 2 is 1.86 bits per heavy atom. The van der Waals surface area contributed by atoms with Crippen LogP contribution in [-0.2, 0) is 14.3 Å². The van der Waals surface area contributed by atoms with Gasteiger partial charge in [0.2, 0.25) is 0 Å². The number of aliphatic hydroxyl groups excluding tert-OH is 1. The van der Waals surface area contributed by atoms with Gasteiger partial charge >= 0.3 is 18.0 Å². The number of carboxylic acid groups (broad SMARTS) is 1. The summed E-state index contributed by atoms with van der Waals surface area (Å²) in [5.41, 5.74) is 0. The Balaban J connectivity index is 2.33. The van der Waals surface area contributed by atoms with Gasteiger partial charge in [0.25, 0.3) is 0 Å². The minimum atomic E-state index is -1.30. The molecule has 0 unspecified atom stereocenters. The van der Waals surface area contributed by atoms with Gasteiger partial charge in [0.15, 0.2) is 6.04 Å². The lowest BCUT2D eigenvalue weighted by atomic mass is 10.3. The highest BCUT2D eigenvalue weighted by atomic mass is 16.5. The van der Waals surface area contributed by atoms with Crippen LogP contribution in [0, 0.1) is 0 Å². The third-order valence-corrected chi connectivity index (χ3v) is 3.30. The van der Waals surface area contributed by atoms with Crippen molar-refractivity contribution in [2.24, 2.45) is 0 Å². The van der Waals surface area contributed by atoms with Crippen molar-refractivity contribution < 1.29 is 29.3 Å². The fourth-order valence-electron chi connectivity index (χ4n) is 1.95. The summed E-state index contributed by atoms with van der Waals surface area (Å²) < 4.78 is 4.56. The highest BCUT2D eigenvalue weighted by Crippen LogP contribution is 2.03. The van der Waals surface area contributed by atoms with E-state index in [1.165, 1.54) is 12.0 Å². The molecule has 0 aromatic carbocycles. The number of ether oxygens (including phenoxy) is 1. The van der Waals surface area contributed by atoms with Crippen molar-refractivity contribution in [1.29, 1.82) is 0 Å². The molecule has 1 rings (SSSR count). The summed E-state index contributed by atoms with van der Waals surface area (Å²) in [6.45, 7) is 1.98. The summed E-state index contributed by atoms with van der Waals surface area (Å²) in [6, 6.07) is -1.81. The highest BCUT2D eigenvalue weighted by Gasteiger charge is 2.25. The van der Waals surface area contributed by atoms with Gasteiger partial charge < -0.3 is 25.2 Å². The average Bonchev–Trinajstić information content (AvgIpc) is 2.50. The number of nitrogens with one attached hydrogen (secondary N) is 1. The largest absolute Gasteiger partial charge is 0.480 e. The monoisotopic (exact) mass is 303 g/mol. The first-order valence-corrected chi connectivity index (χ1v) is 6.66. The maximum atomic E-state index is 11.8. The van der Waals surface area contributed by atoms with Crippen molar-refractivity contribution in [1.82, 2.24) is 15.1 Å². The molecule has 1 aliphatic rings. The number of nitrogens with zero attached hydrogens (tertiary/aromatic N) is 2. The molecule has 0 aromatic heterocycles. The standard InChI is InChI=1S/C12H21N3O6/c1-21-10(17)2-3-14-4-6-15(7-5-14)12(20)13-9(8-16)11(18)19/h9,16H,2-8H2,1H3,(H,13,20)(H,18,19)/t9-/m0/s1. The molecule has 1 atom stereocenters. The summed E-state index contributed by atoms with van der Waals surface area (Å²) in [6.07, 6.45) is 0.300. The Kier molecular flexibility index (Phi) is 6.89. The van der Waals surface area contributed by atoms with Gasteiger partial charge in [-0.15, -0.1) is 0 Å². The predicted octanol–water partition coefficient (Wildman–Crippen LogP) is -1.68. The molecule has 2 amide bonds. The Bertz CT molecular complexity index is 381. The van der Waals surface area contributed by atoms with Crippen molar-refractivity contribution in [2.45, 2.75) is 12.5 Å². The van der Waals surface area contributed by atoms with Crippen molar-refractivity contribution in [2.75, 3.05) is 46.4 Å². The Morgan fingerprint density at radius 1 is 1.24 bits per heavy atom. The molecule has 21 heavy (non-hydrogen) atoms. The zero-order valence-electron chi connectivity index (χ0n) is 11.9. The van der Waals surface area contributed by atoms with Gasteiger partial charge in [-0.2, -0.15) is 0 Å². The summed E-state index contributed by atoms with van der Waals surface area (Å²) in [5, 5.41) is 19.9. The molecule has 1 heterocycles. The van der Waals surface area contributed by atoms with Gasteiger partial charge in [0, 0.05) is 32.7 Å². The van der Waals surface area contributed by atoms with Crippen LogP contribution in [0.4, 0.5) is 4.79 Å². The van der Waals surface area contributed by atoms with Crippen molar-refractivity contribution >= 4 is 18.0 Å². The number of carbonyl (C=O) groups excluding carboxylic acids is 2. The van der Waals surface area contributed by atoms with Crippen LogP contribution in [0.25, 0.3) is 0 Å². The van der Waals surface area contributed by atoms with Crippen molar-refractivity contribution in [3.63, 3.8) is 0 Å². The smallest absolute Gasteiger partial charge is 0.328 e. The third kappa shape index (κ3) is 5.56. The highest BCUT2D eigenvalue weighted by molar-refractivity contribution is 5.82. The lowest BCUT2D eigenvalue weighted by Gasteiger charge is -2.34. The lowest BCUT2D eigenvalue weighted by Crippen LogP contribution is -2.55. The number of carbonyl (C=O) groups is 3. The summed E-state index contributed by atoms with van der Waals surface area (Å²) in [7, 11) is 1.34. The molecule has 0 bridgehead atoms.